The van der Waals surface area contributed by atoms with Crippen molar-refractivity contribution in [1.82, 2.24) is 14.5 Å². The minimum atomic E-state index is 0.370. The van der Waals surface area contributed by atoms with E-state index in [0.29, 0.717) is 12.0 Å². The lowest BCUT2D eigenvalue weighted by Crippen LogP contribution is -2.17. The molecule has 0 bridgehead atoms. The fourth-order valence-corrected chi connectivity index (χ4v) is 4.06. The van der Waals surface area contributed by atoms with Crippen LogP contribution in [0.25, 0.3) is 11.0 Å². The van der Waals surface area contributed by atoms with Crippen LogP contribution in [-0.4, -0.2) is 14.5 Å². The van der Waals surface area contributed by atoms with Crippen molar-refractivity contribution in [3.63, 3.8) is 0 Å². The zero-order valence-electron chi connectivity index (χ0n) is 14.4. The number of fused-ring (bicyclic) bond motifs is 1. The number of benzene rings is 1. The Balaban J connectivity index is 1.73. The van der Waals surface area contributed by atoms with Gasteiger partial charge in [0.15, 0.2) is 0 Å². The molecule has 3 aromatic rings. The Bertz CT molecular complexity index is 800. The molecule has 0 aliphatic heterocycles. The Kier molecular flexibility index (Phi) is 4.33. The number of hydrogen-bond acceptors (Lipinski definition) is 2. The zero-order valence-corrected chi connectivity index (χ0v) is 14.4. The van der Waals surface area contributed by atoms with Gasteiger partial charge >= 0.3 is 0 Å². The summed E-state index contributed by atoms with van der Waals surface area (Å²) >= 11 is 0. The first-order valence-corrected chi connectivity index (χ1v) is 9.19. The third kappa shape index (κ3) is 2.95. The lowest BCUT2D eigenvalue weighted by Gasteiger charge is -2.27. The van der Waals surface area contributed by atoms with Crippen LogP contribution in [0.15, 0.2) is 48.7 Å². The molecule has 0 spiro atoms. The Morgan fingerprint density at radius 3 is 2.62 bits per heavy atom. The molecule has 1 aliphatic rings. The average molecular weight is 319 g/mol. The summed E-state index contributed by atoms with van der Waals surface area (Å²) in [7, 11) is 0. The van der Waals surface area contributed by atoms with E-state index in [1.165, 1.54) is 43.4 Å². The molecule has 1 aromatic carbocycles. The highest BCUT2D eigenvalue weighted by molar-refractivity contribution is 5.76. The van der Waals surface area contributed by atoms with Crippen LogP contribution in [0.4, 0.5) is 0 Å². The van der Waals surface area contributed by atoms with Crippen molar-refractivity contribution in [1.29, 1.82) is 0 Å². The first-order chi connectivity index (χ1) is 11.8. The van der Waals surface area contributed by atoms with E-state index in [-0.39, 0.29) is 0 Å². The van der Waals surface area contributed by atoms with E-state index in [1.807, 2.05) is 12.3 Å². The largest absolute Gasteiger partial charge is 0.325 e. The van der Waals surface area contributed by atoms with E-state index >= 15 is 0 Å². The van der Waals surface area contributed by atoms with Crippen molar-refractivity contribution in [2.45, 2.75) is 57.4 Å². The SMILES string of the molecule is CC(Cc1ccccn1)c1nc2ccccc2n1C1CCCCC1. The summed E-state index contributed by atoms with van der Waals surface area (Å²) in [5.74, 6) is 1.60. The van der Waals surface area contributed by atoms with Crippen molar-refractivity contribution < 1.29 is 0 Å². The monoisotopic (exact) mass is 319 g/mol. The van der Waals surface area contributed by atoms with Crippen molar-refractivity contribution in [3.8, 4) is 0 Å². The van der Waals surface area contributed by atoms with E-state index in [2.05, 4.69) is 52.9 Å². The van der Waals surface area contributed by atoms with Crippen LogP contribution in [0.5, 0.6) is 0 Å². The topological polar surface area (TPSA) is 30.7 Å². The molecular weight excluding hydrogens is 294 g/mol. The molecule has 1 unspecified atom stereocenters. The van der Waals surface area contributed by atoms with Crippen LogP contribution >= 0.6 is 0 Å². The normalized spacial score (nSPS) is 17.2. The van der Waals surface area contributed by atoms with Crippen molar-refractivity contribution in [2.24, 2.45) is 0 Å². The van der Waals surface area contributed by atoms with Gasteiger partial charge in [0.05, 0.1) is 11.0 Å². The van der Waals surface area contributed by atoms with E-state index in [4.69, 9.17) is 4.98 Å². The molecule has 0 radical (unpaired) electrons. The van der Waals surface area contributed by atoms with E-state index in [9.17, 15) is 0 Å². The lowest BCUT2D eigenvalue weighted by molar-refractivity contribution is 0.348. The maximum atomic E-state index is 5.02. The molecule has 0 saturated heterocycles. The highest BCUT2D eigenvalue weighted by Gasteiger charge is 2.24. The van der Waals surface area contributed by atoms with Gasteiger partial charge in [-0.2, -0.15) is 0 Å². The molecule has 2 heterocycles. The van der Waals surface area contributed by atoms with Gasteiger partial charge in [0.25, 0.3) is 0 Å². The molecule has 4 rings (SSSR count). The first-order valence-electron chi connectivity index (χ1n) is 9.19. The van der Waals surface area contributed by atoms with Gasteiger partial charge in [-0.15, -0.1) is 0 Å². The Labute approximate surface area is 143 Å². The summed E-state index contributed by atoms with van der Waals surface area (Å²) in [6.07, 6.45) is 9.44. The van der Waals surface area contributed by atoms with E-state index in [1.54, 1.807) is 0 Å². The summed E-state index contributed by atoms with van der Waals surface area (Å²) < 4.78 is 2.54. The van der Waals surface area contributed by atoms with Gasteiger partial charge in [0.1, 0.15) is 5.82 Å². The second kappa shape index (κ2) is 6.76. The van der Waals surface area contributed by atoms with Gasteiger partial charge in [-0.3, -0.25) is 4.98 Å². The van der Waals surface area contributed by atoms with Gasteiger partial charge < -0.3 is 4.57 Å². The minimum Gasteiger partial charge on any atom is -0.325 e. The Morgan fingerprint density at radius 1 is 1.04 bits per heavy atom. The molecule has 1 atom stereocenters. The summed E-state index contributed by atoms with van der Waals surface area (Å²) in [5.41, 5.74) is 3.57. The zero-order chi connectivity index (χ0) is 16.4. The van der Waals surface area contributed by atoms with Crippen molar-refractivity contribution in [2.75, 3.05) is 0 Å². The number of pyridine rings is 1. The highest BCUT2D eigenvalue weighted by atomic mass is 15.1. The van der Waals surface area contributed by atoms with Crippen LogP contribution in [-0.2, 0) is 6.42 Å². The van der Waals surface area contributed by atoms with Crippen LogP contribution in [0, 0.1) is 0 Å². The molecule has 1 aliphatic carbocycles. The van der Waals surface area contributed by atoms with Crippen LogP contribution in [0.3, 0.4) is 0 Å². The molecule has 24 heavy (non-hydrogen) atoms. The van der Waals surface area contributed by atoms with Crippen molar-refractivity contribution in [3.05, 3.63) is 60.2 Å². The van der Waals surface area contributed by atoms with Crippen molar-refractivity contribution >= 4 is 11.0 Å². The number of imidazole rings is 1. The van der Waals surface area contributed by atoms with Gasteiger partial charge in [-0.25, -0.2) is 4.98 Å². The fourth-order valence-electron chi connectivity index (χ4n) is 4.06. The number of rotatable bonds is 4. The molecule has 1 saturated carbocycles. The third-order valence-electron chi connectivity index (χ3n) is 5.25. The predicted octanol–water partition coefficient (Wildman–Crippen LogP) is 5.28. The van der Waals surface area contributed by atoms with Gasteiger partial charge in [0, 0.05) is 23.9 Å². The van der Waals surface area contributed by atoms with Crippen LogP contribution < -0.4 is 0 Å². The lowest BCUT2D eigenvalue weighted by atomic mass is 9.94. The third-order valence-corrected chi connectivity index (χ3v) is 5.25. The Hall–Kier alpha value is -2.16. The second-order valence-corrected chi connectivity index (χ2v) is 7.05. The summed E-state index contributed by atoms with van der Waals surface area (Å²) in [6.45, 7) is 2.29. The van der Waals surface area contributed by atoms with Gasteiger partial charge in [-0.1, -0.05) is 44.4 Å². The van der Waals surface area contributed by atoms with E-state index in [0.717, 1.165) is 17.6 Å². The quantitative estimate of drug-likeness (QED) is 0.655. The Morgan fingerprint density at radius 2 is 1.83 bits per heavy atom. The number of para-hydroxylation sites is 2. The minimum absolute atomic E-state index is 0.370. The number of aromatic nitrogens is 3. The molecule has 0 N–H and O–H groups in total. The predicted molar refractivity (Wildman–Crippen MR) is 98.2 cm³/mol. The number of hydrogen-bond donors (Lipinski definition) is 0. The summed E-state index contributed by atoms with van der Waals surface area (Å²) in [6, 6.07) is 15.4. The number of nitrogens with zero attached hydrogens (tertiary/aromatic N) is 3. The molecule has 2 aromatic heterocycles. The highest BCUT2D eigenvalue weighted by Crippen LogP contribution is 2.35. The second-order valence-electron chi connectivity index (χ2n) is 7.05. The molecule has 124 valence electrons. The van der Waals surface area contributed by atoms with E-state index < -0.39 is 0 Å². The molecule has 3 heteroatoms. The summed E-state index contributed by atoms with van der Waals surface area (Å²) in [4.78, 5) is 9.52. The molecule has 3 nitrogen and oxygen atoms in total. The first kappa shape index (κ1) is 15.4. The van der Waals surface area contributed by atoms with Crippen LogP contribution in [0.1, 0.15) is 62.5 Å². The molecular formula is C21H25N3. The van der Waals surface area contributed by atoms with Gasteiger partial charge in [-0.05, 0) is 43.5 Å². The molecule has 0 amide bonds. The van der Waals surface area contributed by atoms with Crippen LogP contribution in [0.2, 0.25) is 0 Å². The maximum absolute atomic E-state index is 5.02. The fraction of sp³-hybridized carbons (Fsp3) is 0.429. The maximum Gasteiger partial charge on any atom is 0.113 e. The summed E-state index contributed by atoms with van der Waals surface area (Å²) in [5, 5.41) is 0. The van der Waals surface area contributed by atoms with Gasteiger partial charge in [0.2, 0.25) is 0 Å². The standard InChI is InChI=1S/C21H25N3/c1-16(15-17-9-7-8-14-22-17)21-23-19-12-5-6-13-20(19)24(21)18-10-3-2-4-11-18/h5-9,12-14,16,18H,2-4,10-11,15H2,1H3. The smallest absolute Gasteiger partial charge is 0.113 e. The molecule has 1 fully saturated rings. The average Bonchev–Trinajstić information content (AvgIpc) is 3.03.